The zero-order valence-electron chi connectivity index (χ0n) is 15.7. The molecule has 1 heterocycles. The Morgan fingerprint density at radius 2 is 1.89 bits per heavy atom. The molecule has 5 nitrogen and oxygen atoms in total. The monoisotopic (exact) mass is 387 g/mol. The first-order valence-electron chi connectivity index (χ1n) is 9.28. The molecule has 0 aromatic heterocycles. The molecular formula is C21H26ClN3O2. The highest BCUT2D eigenvalue weighted by molar-refractivity contribution is 6.30. The molecule has 0 bridgehead atoms. The molecule has 144 valence electrons. The smallest absolute Gasteiger partial charge is 0.236 e. The van der Waals surface area contributed by atoms with Crippen LogP contribution < -0.4 is 15.0 Å². The molecule has 0 aliphatic carbocycles. The van der Waals surface area contributed by atoms with E-state index in [1.54, 1.807) is 7.11 Å². The van der Waals surface area contributed by atoms with Crippen LogP contribution in [0.25, 0.3) is 0 Å². The summed E-state index contributed by atoms with van der Waals surface area (Å²) in [4.78, 5) is 16.6. The van der Waals surface area contributed by atoms with E-state index in [-0.39, 0.29) is 5.91 Å². The van der Waals surface area contributed by atoms with Crippen LogP contribution in [-0.4, -0.2) is 57.2 Å². The SMILES string of the molecule is COc1ccccc1N1CCN(C(=O)CNCCc2cccc(Cl)c2)CC1. The van der Waals surface area contributed by atoms with Crippen molar-refractivity contribution < 1.29 is 9.53 Å². The van der Waals surface area contributed by atoms with E-state index in [2.05, 4.69) is 16.3 Å². The number of methoxy groups -OCH3 is 1. The molecule has 3 rings (SSSR count). The van der Waals surface area contributed by atoms with E-state index in [4.69, 9.17) is 16.3 Å². The quantitative estimate of drug-likeness (QED) is 0.742. The third kappa shape index (κ3) is 5.37. The van der Waals surface area contributed by atoms with Gasteiger partial charge in [-0.3, -0.25) is 4.79 Å². The Morgan fingerprint density at radius 1 is 1.11 bits per heavy atom. The van der Waals surface area contributed by atoms with Gasteiger partial charge in [-0.15, -0.1) is 0 Å². The lowest BCUT2D eigenvalue weighted by Crippen LogP contribution is -2.51. The summed E-state index contributed by atoms with van der Waals surface area (Å²) in [6.07, 6.45) is 0.857. The molecule has 0 saturated carbocycles. The van der Waals surface area contributed by atoms with E-state index < -0.39 is 0 Å². The molecule has 0 spiro atoms. The highest BCUT2D eigenvalue weighted by Crippen LogP contribution is 2.28. The van der Waals surface area contributed by atoms with Crippen LogP contribution in [0.4, 0.5) is 5.69 Å². The van der Waals surface area contributed by atoms with Gasteiger partial charge in [0.2, 0.25) is 5.91 Å². The van der Waals surface area contributed by atoms with E-state index >= 15 is 0 Å². The predicted octanol–water partition coefficient (Wildman–Crippen LogP) is 2.83. The zero-order chi connectivity index (χ0) is 19.1. The number of halogens is 1. The number of nitrogens with one attached hydrogen (secondary N) is 1. The van der Waals surface area contributed by atoms with Crippen molar-refractivity contribution in [3.05, 3.63) is 59.1 Å². The van der Waals surface area contributed by atoms with Crippen molar-refractivity contribution >= 4 is 23.2 Å². The van der Waals surface area contributed by atoms with Crippen molar-refractivity contribution in [3.8, 4) is 5.75 Å². The maximum Gasteiger partial charge on any atom is 0.236 e. The van der Waals surface area contributed by atoms with E-state index in [9.17, 15) is 4.79 Å². The van der Waals surface area contributed by atoms with Crippen molar-refractivity contribution in [2.24, 2.45) is 0 Å². The molecule has 1 aliphatic rings. The van der Waals surface area contributed by atoms with Gasteiger partial charge in [0.25, 0.3) is 0 Å². The fraction of sp³-hybridized carbons (Fsp3) is 0.381. The molecule has 0 unspecified atom stereocenters. The zero-order valence-corrected chi connectivity index (χ0v) is 16.4. The second kappa shape index (κ2) is 9.62. The topological polar surface area (TPSA) is 44.8 Å². The second-order valence-corrected chi connectivity index (χ2v) is 7.03. The number of piperazine rings is 1. The summed E-state index contributed by atoms with van der Waals surface area (Å²) in [5.41, 5.74) is 2.26. The van der Waals surface area contributed by atoms with Crippen LogP contribution in [0.3, 0.4) is 0 Å². The summed E-state index contributed by atoms with van der Waals surface area (Å²) in [5.74, 6) is 1.03. The minimum absolute atomic E-state index is 0.153. The van der Waals surface area contributed by atoms with Gasteiger partial charge in [-0.2, -0.15) is 0 Å². The van der Waals surface area contributed by atoms with Crippen molar-refractivity contribution in [2.75, 3.05) is 51.3 Å². The second-order valence-electron chi connectivity index (χ2n) is 6.60. The van der Waals surface area contributed by atoms with Gasteiger partial charge in [-0.25, -0.2) is 0 Å². The van der Waals surface area contributed by atoms with Crippen LogP contribution in [-0.2, 0) is 11.2 Å². The molecule has 2 aromatic rings. The summed E-state index contributed by atoms with van der Waals surface area (Å²) >= 11 is 5.99. The Kier molecular flexibility index (Phi) is 6.96. The summed E-state index contributed by atoms with van der Waals surface area (Å²) in [6.45, 7) is 4.21. The lowest BCUT2D eigenvalue weighted by molar-refractivity contribution is -0.130. The van der Waals surface area contributed by atoms with Crippen molar-refractivity contribution in [1.29, 1.82) is 0 Å². The number of hydrogen-bond acceptors (Lipinski definition) is 4. The molecular weight excluding hydrogens is 362 g/mol. The van der Waals surface area contributed by atoms with Crippen molar-refractivity contribution in [3.63, 3.8) is 0 Å². The number of carbonyl (C=O) groups excluding carboxylic acids is 1. The number of nitrogens with zero attached hydrogens (tertiary/aromatic N) is 2. The molecule has 1 N–H and O–H groups in total. The molecule has 1 aliphatic heterocycles. The van der Waals surface area contributed by atoms with Gasteiger partial charge in [0, 0.05) is 31.2 Å². The van der Waals surface area contributed by atoms with Crippen LogP contribution in [0, 0.1) is 0 Å². The summed E-state index contributed by atoms with van der Waals surface area (Å²) < 4.78 is 5.44. The Labute approximate surface area is 165 Å². The molecule has 0 radical (unpaired) electrons. The normalized spacial score (nSPS) is 14.3. The molecule has 1 saturated heterocycles. The van der Waals surface area contributed by atoms with Gasteiger partial charge < -0.3 is 19.9 Å². The van der Waals surface area contributed by atoms with Gasteiger partial charge in [0.15, 0.2) is 0 Å². The maximum absolute atomic E-state index is 12.4. The van der Waals surface area contributed by atoms with Gasteiger partial charge in [-0.1, -0.05) is 35.9 Å². The van der Waals surface area contributed by atoms with E-state index in [0.29, 0.717) is 6.54 Å². The Morgan fingerprint density at radius 3 is 2.63 bits per heavy atom. The summed E-state index contributed by atoms with van der Waals surface area (Å²) in [6, 6.07) is 15.8. The fourth-order valence-electron chi connectivity index (χ4n) is 3.32. The van der Waals surface area contributed by atoms with Crippen LogP contribution in [0.5, 0.6) is 5.75 Å². The lowest BCUT2D eigenvalue weighted by atomic mass is 10.1. The largest absolute Gasteiger partial charge is 0.495 e. The first-order chi connectivity index (χ1) is 13.2. The third-order valence-electron chi connectivity index (χ3n) is 4.81. The average Bonchev–Trinajstić information content (AvgIpc) is 2.71. The van der Waals surface area contributed by atoms with Gasteiger partial charge in [-0.05, 0) is 42.8 Å². The van der Waals surface area contributed by atoms with Gasteiger partial charge in [0.05, 0.1) is 19.3 Å². The number of ether oxygens (including phenoxy) is 1. The maximum atomic E-state index is 12.4. The highest BCUT2D eigenvalue weighted by atomic mass is 35.5. The first kappa shape index (κ1) is 19.5. The van der Waals surface area contributed by atoms with E-state index in [1.165, 1.54) is 5.56 Å². The van der Waals surface area contributed by atoms with E-state index in [1.807, 2.05) is 47.4 Å². The Balaban J connectivity index is 1.41. The van der Waals surface area contributed by atoms with Crippen molar-refractivity contribution in [1.82, 2.24) is 10.2 Å². The molecule has 2 aromatic carbocycles. The third-order valence-corrected chi connectivity index (χ3v) is 5.05. The average molecular weight is 388 g/mol. The summed E-state index contributed by atoms with van der Waals surface area (Å²) in [7, 11) is 1.69. The van der Waals surface area contributed by atoms with Crippen LogP contribution in [0.15, 0.2) is 48.5 Å². The molecule has 1 amide bonds. The molecule has 27 heavy (non-hydrogen) atoms. The highest BCUT2D eigenvalue weighted by Gasteiger charge is 2.22. The molecule has 1 fully saturated rings. The Bertz CT molecular complexity index is 761. The first-order valence-corrected chi connectivity index (χ1v) is 9.66. The van der Waals surface area contributed by atoms with Crippen LogP contribution in [0.2, 0.25) is 5.02 Å². The minimum atomic E-state index is 0.153. The van der Waals surface area contributed by atoms with E-state index in [0.717, 1.165) is 55.6 Å². The molecule has 0 atom stereocenters. The fourth-order valence-corrected chi connectivity index (χ4v) is 3.53. The standard InChI is InChI=1S/C21H26ClN3O2/c1-27-20-8-3-2-7-19(20)24-11-13-25(14-12-24)21(26)16-23-10-9-17-5-4-6-18(22)15-17/h2-8,15,23H,9-14,16H2,1H3. The number of benzene rings is 2. The summed E-state index contributed by atoms with van der Waals surface area (Å²) in [5, 5.41) is 3.99. The number of carbonyl (C=O) groups is 1. The predicted molar refractivity (Wildman–Crippen MR) is 110 cm³/mol. The number of anilines is 1. The van der Waals surface area contributed by atoms with Crippen LogP contribution >= 0.6 is 11.6 Å². The van der Waals surface area contributed by atoms with Gasteiger partial charge >= 0.3 is 0 Å². The number of para-hydroxylation sites is 2. The number of hydrogen-bond donors (Lipinski definition) is 1. The van der Waals surface area contributed by atoms with Crippen molar-refractivity contribution in [2.45, 2.75) is 6.42 Å². The number of rotatable bonds is 7. The number of amides is 1. The van der Waals surface area contributed by atoms with Crippen LogP contribution in [0.1, 0.15) is 5.56 Å². The van der Waals surface area contributed by atoms with Gasteiger partial charge in [0.1, 0.15) is 5.75 Å². The minimum Gasteiger partial charge on any atom is -0.495 e. The molecule has 6 heteroatoms. The Hall–Kier alpha value is -2.24. The lowest BCUT2D eigenvalue weighted by Gasteiger charge is -2.36.